The summed E-state index contributed by atoms with van der Waals surface area (Å²) in [6.07, 6.45) is 0. The van der Waals surface area contributed by atoms with Gasteiger partial charge in [0.15, 0.2) is 0 Å². The summed E-state index contributed by atoms with van der Waals surface area (Å²) in [5.41, 5.74) is 6.48. The van der Waals surface area contributed by atoms with Gasteiger partial charge in [-0.1, -0.05) is 24.3 Å². The molecule has 0 aliphatic heterocycles. The first-order valence-corrected chi connectivity index (χ1v) is 7.60. The third-order valence-corrected chi connectivity index (χ3v) is 3.99. The van der Waals surface area contributed by atoms with Gasteiger partial charge in [-0.3, -0.25) is 4.68 Å². The highest BCUT2D eigenvalue weighted by atomic mass is 15.3. The highest BCUT2D eigenvalue weighted by molar-refractivity contribution is 5.29. The second-order valence-corrected chi connectivity index (χ2v) is 6.83. The van der Waals surface area contributed by atoms with Crippen molar-refractivity contribution in [2.24, 2.45) is 0 Å². The number of hydrogen-bond donors (Lipinski definition) is 1. The lowest BCUT2D eigenvalue weighted by Crippen LogP contribution is -2.35. The van der Waals surface area contributed by atoms with Crippen LogP contribution in [0.1, 0.15) is 48.8 Å². The number of nitrogens with one attached hydrogen (secondary N) is 1. The Labute approximate surface area is 128 Å². The molecule has 2 rings (SSSR count). The van der Waals surface area contributed by atoms with E-state index in [4.69, 9.17) is 0 Å². The second-order valence-electron chi connectivity index (χ2n) is 6.83. The smallest absolute Gasteiger partial charge is 0.0665 e. The van der Waals surface area contributed by atoms with E-state index in [2.05, 4.69) is 80.9 Å². The minimum atomic E-state index is 0.127. The third kappa shape index (κ3) is 3.94. The number of rotatable bonds is 4. The van der Waals surface area contributed by atoms with Crippen molar-refractivity contribution in [3.8, 4) is 0 Å². The number of nitrogens with zero attached hydrogens (tertiary/aromatic N) is 2. The monoisotopic (exact) mass is 285 g/mol. The third-order valence-electron chi connectivity index (χ3n) is 3.99. The summed E-state index contributed by atoms with van der Waals surface area (Å²) in [7, 11) is 0. The lowest BCUT2D eigenvalue weighted by Gasteiger charge is -2.21. The quantitative estimate of drug-likeness (QED) is 0.927. The molecule has 0 saturated heterocycles. The van der Waals surface area contributed by atoms with Crippen LogP contribution in [0.25, 0.3) is 0 Å². The van der Waals surface area contributed by atoms with E-state index in [1.165, 1.54) is 22.4 Å². The predicted molar refractivity (Wildman–Crippen MR) is 88.6 cm³/mol. The van der Waals surface area contributed by atoms with Crippen molar-refractivity contribution in [2.75, 3.05) is 0 Å². The van der Waals surface area contributed by atoms with Crippen molar-refractivity contribution in [3.05, 3.63) is 52.3 Å². The fourth-order valence-electron chi connectivity index (χ4n) is 2.35. The summed E-state index contributed by atoms with van der Waals surface area (Å²) in [5.74, 6) is 0. The molecule has 0 aliphatic rings. The molecule has 0 aliphatic carbocycles. The van der Waals surface area contributed by atoms with Gasteiger partial charge in [0.2, 0.25) is 0 Å². The number of benzene rings is 1. The zero-order valence-electron chi connectivity index (χ0n) is 14.1. The Hall–Kier alpha value is -1.61. The van der Waals surface area contributed by atoms with Crippen molar-refractivity contribution < 1.29 is 0 Å². The summed E-state index contributed by atoms with van der Waals surface area (Å²) < 4.78 is 2.11. The fraction of sp³-hybridized carbons (Fsp3) is 0.500. The minimum absolute atomic E-state index is 0.127. The Kier molecular flexibility index (Phi) is 4.52. The van der Waals surface area contributed by atoms with E-state index in [0.717, 1.165) is 18.8 Å². The Morgan fingerprint density at radius 2 is 1.67 bits per heavy atom. The van der Waals surface area contributed by atoms with E-state index in [9.17, 15) is 0 Å². The van der Waals surface area contributed by atoms with Crippen LogP contribution in [0.15, 0.2) is 24.3 Å². The van der Waals surface area contributed by atoms with Gasteiger partial charge in [-0.05, 0) is 58.2 Å². The first kappa shape index (κ1) is 15.8. The predicted octanol–water partition coefficient (Wildman–Crippen LogP) is 3.74. The zero-order chi connectivity index (χ0) is 15.6. The molecule has 0 bridgehead atoms. The van der Waals surface area contributed by atoms with Crippen LogP contribution in [0.5, 0.6) is 0 Å². The molecule has 3 nitrogen and oxygen atoms in total. The van der Waals surface area contributed by atoms with Gasteiger partial charge in [-0.25, -0.2) is 0 Å². The molecule has 2 aromatic rings. The van der Waals surface area contributed by atoms with Gasteiger partial charge in [0.05, 0.1) is 12.2 Å². The van der Waals surface area contributed by atoms with Crippen molar-refractivity contribution in [3.63, 3.8) is 0 Å². The lowest BCUT2D eigenvalue weighted by atomic mass is 10.0. The van der Waals surface area contributed by atoms with E-state index >= 15 is 0 Å². The van der Waals surface area contributed by atoms with Crippen LogP contribution in [0.4, 0.5) is 0 Å². The highest BCUT2D eigenvalue weighted by Gasteiger charge is 2.12. The molecule has 1 aromatic carbocycles. The Morgan fingerprint density at radius 3 is 2.19 bits per heavy atom. The number of hydrogen-bond acceptors (Lipinski definition) is 2. The molecule has 3 heteroatoms. The van der Waals surface area contributed by atoms with Crippen LogP contribution in [0.3, 0.4) is 0 Å². The molecule has 0 spiro atoms. The fourth-order valence-corrected chi connectivity index (χ4v) is 2.35. The number of aromatic nitrogens is 2. The van der Waals surface area contributed by atoms with Gasteiger partial charge in [0, 0.05) is 17.8 Å². The molecule has 0 radical (unpaired) electrons. The van der Waals surface area contributed by atoms with Crippen molar-refractivity contribution in [1.29, 1.82) is 0 Å². The van der Waals surface area contributed by atoms with Crippen LogP contribution in [0.2, 0.25) is 0 Å². The van der Waals surface area contributed by atoms with Crippen molar-refractivity contribution in [1.82, 2.24) is 15.1 Å². The summed E-state index contributed by atoms with van der Waals surface area (Å²) in [4.78, 5) is 0. The largest absolute Gasteiger partial charge is 0.308 e. The van der Waals surface area contributed by atoms with Crippen LogP contribution < -0.4 is 5.32 Å². The summed E-state index contributed by atoms with van der Waals surface area (Å²) in [6.45, 7) is 14.7. The molecule has 114 valence electrons. The Balaban J connectivity index is 2.22. The molecular weight excluding hydrogens is 258 g/mol. The normalized spacial score (nSPS) is 11.9. The number of aryl methyl sites for hydroxylation is 1. The topological polar surface area (TPSA) is 29.9 Å². The van der Waals surface area contributed by atoms with Crippen LogP contribution in [0, 0.1) is 20.8 Å². The van der Waals surface area contributed by atoms with E-state index < -0.39 is 0 Å². The first-order chi connectivity index (χ1) is 9.78. The average molecular weight is 285 g/mol. The summed E-state index contributed by atoms with van der Waals surface area (Å²) >= 11 is 0. The highest BCUT2D eigenvalue weighted by Crippen LogP contribution is 2.16. The van der Waals surface area contributed by atoms with Crippen LogP contribution in [-0.2, 0) is 13.1 Å². The Bertz CT molecular complexity index is 618. The standard InChI is InChI=1S/C18H27N3/c1-13-14(2)20-21(15(13)3)12-17-10-8-7-9-16(17)11-19-18(4,5)6/h7-10,19H,11-12H2,1-6H3. The molecule has 0 fully saturated rings. The molecule has 1 aromatic heterocycles. The summed E-state index contributed by atoms with van der Waals surface area (Å²) in [6, 6.07) is 8.61. The van der Waals surface area contributed by atoms with Gasteiger partial charge in [-0.2, -0.15) is 5.10 Å². The SMILES string of the molecule is Cc1nn(Cc2ccccc2CNC(C)(C)C)c(C)c1C. The lowest BCUT2D eigenvalue weighted by molar-refractivity contribution is 0.423. The van der Waals surface area contributed by atoms with Gasteiger partial charge in [0.1, 0.15) is 0 Å². The molecule has 1 heterocycles. The van der Waals surface area contributed by atoms with Crippen LogP contribution >= 0.6 is 0 Å². The van der Waals surface area contributed by atoms with Gasteiger partial charge in [-0.15, -0.1) is 0 Å². The molecule has 0 amide bonds. The Morgan fingerprint density at radius 1 is 1.05 bits per heavy atom. The van der Waals surface area contributed by atoms with E-state index in [1.807, 2.05) is 0 Å². The molecule has 1 N–H and O–H groups in total. The first-order valence-electron chi connectivity index (χ1n) is 7.60. The average Bonchev–Trinajstić information content (AvgIpc) is 2.64. The van der Waals surface area contributed by atoms with Crippen molar-refractivity contribution >= 4 is 0 Å². The maximum absolute atomic E-state index is 4.65. The zero-order valence-corrected chi connectivity index (χ0v) is 14.1. The molecule has 0 saturated carbocycles. The van der Waals surface area contributed by atoms with E-state index in [1.54, 1.807) is 0 Å². The van der Waals surface area contributed by atoms with Gasteiger partial charge < -0.3 is 5.32 Å². The molecule has 21 heavy (non-hydrogen) atoms. The van der Waals surface area contributed by atoms with Crippen molar-refractivity contribution in [2.45, 2.75) is 60.2 Å². The molecule has 0 atom stereocenters. The van der Waals surface area contributed by atoms with E-state index in [-0.39, 0.29) is 5.54 Å². The van der Waals surface area contributed by atoms with Gasteiger partial charge >= 0.3 is 0 Å². The molecule has 0 unspecified atom stereocenters. The maximum Gasteiger partial charge on any atom is 0.0665 e. The minimum Gasteiger partial charge on any atom is -0.308 e. The summed E-state index contributed by atoms with van der Waals surface area (Å²) in [5, 5.41) is 8.22. The van der Waals surface area contributed by atoms with E-state index in [0.29, 0.717) is 0 Å². The van der Waals surface area contributed by atoms with Crippen LogP contribution in [-0.4, -0.2) is 15.3 Å². The molecular formula is C18H27N3. The van der Waals surface area contributed by atoms with Gasteiger partial charge in [0.25, 0.3) is 0 Å². The second kappa shape index (κ2) is 6.02. The maximum atomic E-state index is 4.65.